The van der Waals surface area contributed by atoms with E-state index in [-0.39, 0.29) is 51.5 Å². The van der Waals surface area contributed by atoms with Gasteiger partial charge in [-0.3, -0.25) is 14.2 Å². The van der Waals surface area contributed by atoms with E-state index in [1.807, 2.05) is 58.6 Å². The molecule has 0 radical (unpaired) electrons. The number of aromatic nitrogens is 5. The normalized spacial score (nSPS) is 17.8. The van der Waals surface area contributed by atoms with E-state index < -0.39 is 5.82 Å². The molecule has 3 aromatic heterocycles. The maximum Gasteiger partial charge on any atom is 0.261 e. The number of imidazole rings is 1. The Bertz CT molecular complexity index is 2180. The predicted molar refractivity (Wildman–Crippen MR) is 189 cm³/mol. The monoisotopic (exact) mass is 667 g/mol. The molecule has 2 aliphatic rings. The Hall–Kier alpha value is -4.57. The number of carbonyl (C=O) groups excluding carboxylic acids is 1. The number of hydrogen-bond donors (Lipinski definition) is 1. The first kappa shape index (κ1) is 32.0. The zero-order chi connectivity index (χ0) is 34.2. The van der Waals surface area contributed by atoms with Gasteiger partial charge in [-0.2, -0.15) is 0 Å². The second-order valence-corrected chi connectivity index (χ2v) is 14.1. The predicted octanol–water partition coefficient (Wildman–Crippen LogP) is 7.21. The first-order valence-corrected chi connectivity index (χ1v) is 16.9. The number of hydrogen-bond acceptors (Lipinski definition) is 6. The summed E-state index contributed by atoms with van der Waals surface area (Å²) >= 11 is 7.14. The SMILES string of the molecule is C=CC(=O)N1CC2CCc3c(c4cc(Cl)c(-c5c(C)ccc6[nH]cnc56)c(F)c4n(-c4c(C(C)C)ncnc4C(C)C)c3=O)N2CC1C. The minimum absolute atomic E-state index is 0.0601. The van der Waals surface area contributed by atoms with E-state index in [1.165, 1.54) is 17.0 Å². The molecule has 9 nitrogen and oxygen atoms in total. The van der Waals surface area contributed by atoms with Gasteiger partial charge >= 0.3 is 0 Å². The summed E-state index contributed by atoms with van der Waals surface area (Å²) in [7, 11) is 0. The van der Waals surface area contributed by atoms with Crippen LogP contribution < -0.4 is 10.5 Å². The van der Waals surface area contributed by atoms with Crippen molar-refractivity contribution < 1.29 is 9.18 Å². The fourth-order valence-corrected chi connectivity index (χ4v) is 7.99. The number of rotatable bonds is 5. The fourth-order valence-electron chi connectivity index (χ4n) is 7.70. The van der Waals surface area contributed by atoms with Crippen molar-refractivity contribution in [1.29, 1.82) is 0 Å². The first-order valence-electron chi connectivity index (χ1n) is 16.5. The average molecular weight is 668 g/mol. The van der Waals surface area contributed by atoms with Crippen LogP contribution in [-0.2, 0) is 11.2 Å². The maximum atomic E-state index is 17.9. The Kier molecular flexibility index (Phi) is 7.89. The minimum Gasteiger partial charge on any atom is -0.364 e. The molecule has 2 aromatic carbocycles. The van der Waals surface area contributed by atoms with Crippen LogP contribution in [0.4, 0.5) is 10.1 Å². The van der Waals surface area contributed by atoms with Gasteiger partial charge < -0.3 is 14.8 Å². The molecule has 0 saturated carbocycles. The van der Waals surface area contributed by atoms with E-state index in [4.69, 9.17) is 11.6 Å². The smallest absolute Gasteiger partial charge is 0.261 e. The lowest BCUT2D eigenvalue weighted by atomic mass is 9.89. The lowest BCUT2D eigenvalue weighted by Gasteiger charge is -2.49. The van der Waals surface area contributed by atoms with E-state index in [0.717, 1.165) is 11.1 Å². The van der Waals surface area contributed by atoms with Gasteiger partial charge in [-0.25, -0.2) is 19.3 Å². The van der Waals surface area contributed by atoms with E-state index in [9.17, 15) is 4.79 Å². The Labute approximate surface area is 283 Å². The van der Waals surface area contributed by atoms with Gasteiger partial charge in [0.05, 0.1) is 50.7 Å². The number of amides is 1. The standard InChI is InChI=1S/C37H39ClFN7O2/c1-8-27(47)44-15-22-10-11-23-34(45(22)14-21(44)7)24-13-25(38)29(28-20(6)9-12-26-33(28)43-16-40-26)30(39)35(24)46(37(23)48)36-31(18(2)3)41-17-42-32(36)19(4)5/h8-9,12-13,16-19,21-22H,1,10-11,14-15H2,2-7H3,(H,40,43). The number of piperazine rings is 1. The molecular weight excluding hydrogens is 629 g/mol. The van der Waals surface area contributed by atoms with Gasteiger partial charge in [0.1, 0.15) is 6.33 Å². The molecule has 1 N–H and O–H groups in total. The lowest BCUT2D eigenvalue weighted by Crippen LogP contribution is -2.60. The van der Waals surface area contributed by atoms with E-state index in [1.54, 1.807) is 12.4 Å². The van der Waals surface area contributed by atoms with Crippen LogP contribution >= 0.6 is 11.6 Å². The van der Waals surface area contributed by atoms with Gasteiger partial charge in [0.15, 0.2) is 5.82 Å². The number of aromatic amines is 1. The number of nitrogens with zero attached hydrogens (tertiary/aromatic N) is 6. The number of pyridine rings is 1. The number of halogens is 2. The Morgan fingerprint density at radius 2 is 1.79 bits per heavy atom. The van der Waals surface area contributed by atoms with Gasteiger partial charge in [-0.15, -0.1) is 0 Å². The fraction of sp³-hybridized carbons (Fsp3) is 0.378. The van der Waals surface area contributed by atoms with Crippen LogP contribution in [0, 0.1) is 12.7 Å². The van der Waals surface area contributed by atoms with Crippen LogP contribution in [0.1, 0.15) is 75.4 Å². The van der Waals surface area contributed by atoms with Gasteiger partial charge in [0.25, 0.3) is 5.56 Å². The third kappa shape index (κ3) is 4.75. The number of anilines is 1. The van der Waals surface area contributed by atoms with Crippen molar-refractivity contribution in [3.8, 4) is 16.8 Å². The van der Waals surface area contributed by atoms with Crippen molar-refractivity contribution >= 4 is 45.1 Å². The van der Waals surface area contributed by atoms with Crippen LogP contribution in [0.3, 0.4) is 0 Å². The van der Waals surface area contributed by atoms with Crippen LogP contribution in [0.15, 0.2) is 48.3 Å². The van der Waals surface area contributed by atoms with E-state index in [0.29, 0.717) is 70.7 Å². The summed E-state index contributed by atoms with van der Waals surface area (Å²) in [6.07, 6.45) is 5.57. The highest BCUT2D eigenvalue weighted by Gasteiger charge is 2.40. The molecule has 2 aliphatic heterocycles. The summed E-state index contributed by atoms with van der Waals surface area (Å²) in [5.41, 5.74) is 5.83. The highest BCUT2D eigenvalue weighted by atomic mass is 35.5. The molecule has 5 aromatic rings. The molecule has 5 heterocycles. The number of nitrogens with one attached hydrogen (secondary N) is 1. The summed E-state index contributed by atoms with van der Waals surface area (Å²) < 4.78 is 19.4. The molecule has 0 spiro atoms. The quantitative estimate of drug-likeness (QED) is 0.199. The lowest BCUT2D eigenvalue weighted by molar-refractivity contribution is -0.129. The molecule has 1 amide bonds. The van der Waals surface area contributed by atoms with E-state index in [2.05, 4.69) is 31.4 Å². The third-order valence-electron chi connectivity index (χ3n) is 9.98. The van der Waals surface area contributed by atoms with Crippen molar-refractivity contribution in [3.63, 3.8) is 0 Å². The summed E-state index contributed by atoms with van der Waals surface area (Å²) in [5.74, 6) is -0.885. The van der Waals surface area contributed by atoms with E-state index >= 15 is 9.18 Å². The van der Waals surface area contributed by atoms with Crippen LogP contribution in [0.2, 0.25) is 5.02 Å². The molecule has 1 saturated heterocycles. The molecule has 0 aliphatic carbocycles. The highest BCUT2D eigenvalue weighted by molar-refractivity contribution is 6.35. The molecule has 248 valence electrons. The second kappa shape index (κ2) is 11.8. The number of aryl methyl sites for hydroxylation is 1. The number of carbonyl (C=O) groups is 1. The summed E-state index contributed by atoms with van der Waals surface area (Å²) in [4.78, 5) is 48.8. The molecule has 1 fully saturated rings. The molecule has 0 bridgehead atoms. The number of fused-ring (bicyclic) bond motifs is 6. The van der Waals surface area contributed by atoms with Gasteiger partial charge in [0, 0.05) is 47.2 Å². The molecule has 7 rings (SSSR count). The minimum atomic E-state index is -0.611. The summed E-state index contributed by atoms with van der Waals surface area (Å²) in [6, 6.07) is 5.40. The Balaban J connectivity index is 1.63. The van der Waals surface area contributed by atoms with Gasteiger partial charge in [-0.05, 0) is 62.3 Å². The molecular formula is C37H39ClFN7O2. The second-order valence-electron chi connectivity index (χ2n) is 13.7. The van der Waals surface area contributed by atoms with Crippen LogP contribution in [0.5, 0.6) is 0 Å². The average Bonchev–Trinajstić information content (AvgIpc) is 3.54. The van der Waals surface area contributed by atoms with Crippen molar-refractivity contribution in [1.82, 2.24) is 29.4 Å². The molecule has 11 heteroatoms. The summed E-state index contributed by atoms with van der Waals surface area (Å²) in [6.45, 7) is 16.6. The maximum absolute atomic E-state index is 17.9. The molecule has 2 unspecified atom stereocenters. The summed E-state index contributed by atoms with van der Waals surface area (Å²) in [5, 5.41) is 0.760. The van der Waals surface area contributed by atoms with Crippen molar-refractivity contribution in [2.24, 2.45) is 0 Å². The molecule has 48 heavy (non-hydrogen) atoms. The van der Waals surface area contributed by atoms with Gasteiger partial charge in [-0.1, -0.05) is 51.9 Å². The number of H-pyrrole nitrogens is 1. The van der Waals surface area contributed by atoms with Crippen LogP contribution in [0.25, 0.3) is 38.8 Å². The third-order valence-corrected chi connectivity index (χ3v) is 10.3. The van der Waals surface area contributed by atoms with Crippen molar-refractivity contribution in [2.75, 3.05) is 18.0 Å². The molecule has 2 atom stereocenters. The largest absolute Gasteiger partial charge is 0.364 e. The zero-order valence-corrected chi connectivity index (χ0v) is 28.8. The first-order chi connectivity index (χ1) is 22.9. The Morgan fingerprint density at radius 1 is 1.08 bits per heavy atom. The van der Waals surface area contributed by atoms with Crippen molar-refractivity contribution in [3.05, 3.63) is 87.2 Å². The Morgan fingerprint density at radius 3 is 2.46 bits per heavy atom. The number of benzene rings is 2. The van der Waals surface area contributed by atoms with Crippen molar-refractivity contribution in [2.45, 2.75) is 78.3 Å². The highest BCUT2D eigenvalue weighted by Crippen LogP contribution is 2.46. The topological polar surface area (TPSA) is 100 Å². The van der Waals surface area contributed by atoms with Gasteiger partial charge in [0.2, 0.25) is 5.91 Å². The van der Waals surface area contributed by atoms with Crippen LogP contribution in [-0.4, -0.2) is 60.5 Å². The zero-order valence-electron chi connectivity index (χ0n) is 28.1.